The molecule has 0 saturated heterocycles. The van der Waals surface area contributed by atoms with Crippen LogP contribution in [0.15, 0.2) is 23.5 Å². The summed E-state index contributed by atoms with van der Waals surface area (Å²) in [7, 11) is 1.71. The van der Waals surface area contributed by atoms with Crippen LogP contribution in [0.1, 0.15) is 52.4 Å². The van der Waals surface area contributed by atoms with E-state index in [0.717, 1.165) is 31.4 Å². The van der Waals surface area contributed by atoms with Crippen molar-refractivity contribution in [2.75, 3.05) is 13.7 Å². The minimum Gasteiger partial charge on any atom is -0.501 e. The molecule has 4 rings (SSSR count). The molecular formula is C22H32O5. The van der Waals surface area contributed by atoms with Gasteiger partial charge in [-0.15, -0.1) is 0 Å². The van der Waals surface area contributed by atoms with Crippen molar-refractivity contribution in [1.29, 1.82) is 0 Å². The Balaban J connectivity index is 1.74. The summed E-state index contributed by atoms with van der Waals surface area (Å²) in [5.74, 6) is 1.04. The molecule has 0 unspecified atom stereocenters. The van der Waals surface area contributed by atoms with E-state index in [2.05, 4.69) is 19.1 Å². The summed E-state index contributed by atoms with van der Waals surface area (Å²) in [6, 6.07) is 0. The molecule has 27 heavy (non-hydrogen) atoms. The molecule has 0 heterocycles. The smallest absolute Gasteiger partial charge is 0.190 e. The molecule has 0 aromatic carbocycles. The first-order valence-electron chi connectivity index (χ1n) is 10.2. The van der Waals surface area contributed by atoms with E-state index in [1.807, 2.05) is 6.92 Å². The van der Waals surface area contributed by atoms with E-state index in [9.17, 15) is 20.1 Å². The van der Waals surface area contributed by atoms with Gasteiger partial charge in [0.15, 0.2) is 5.78 Å². The van der Waals surface area contributed by atoms with Gasteiger partial charge in [-0.2, -0.15) is 0 Å². The topological polar surface area (TPSA) is 87.0 Å². The minimum atomic E-state index is -1.53. The first-order valence-corrected chi connectivity index (χ1v) is 10.2. The number of ether oxygens (including phenoxy) is 1. The highest BCUT2D eigenvalue weighted by Crippen LogP contribution is 2.67. The largest absolute Gasteiger partial charge is 0.501 e. The lowest BCUT2D eigenvalue weighted by molar-refractivity contribution is -0.179. The Hall–Kier alpha value is -1.17. The summed E-state index contributed by atoms with van der Waals surface area (Å²) in [5.41, 5.74) is -1.06. The zero-order valence-electron chi connectivity index (χ0n) is 16.6. The molecule has 2 fully saturated rings. The molecule has 0 radical (unpaired) electrons. The van der Waals surface area contributed by atoms with Gasteiger partial charge >= 0.3 is 0 Å². The van der Waals surface area contributed by atoms with Gasteiger partial charge in [0.05, 0.1) is 19.0 Å². The summed E-state index contributed by atoms with van der Waals surface area (Å²) in [5, 5.41) is 31.9. The molecule has 0 spiro atoms. The number of carbonyl (C=O) groups is 1. The molecule has 4 aliphatic rings. The number of fused-ring (bicyclic) bond motifs is 5. The van der Waals surface area contributed by atoms with Crippen LogP contribution in [0.3, 0.4) is 0 Å². The average Bonchev–Trinajstić information content (AvgIpc) is 2.91. The second kappa shape index (κ2) is 6.16. The number of methoxy groups -OCH3 is 1. The fraction of sp³-hybridized carbons (Fsp3) is 0.773. The number of aliphatic hydroxyl groups is 3. The van der Waals surface area contributed by atoms with Gasteiger partial charge in [-0.05, 0) is 66.9 Å². The van der Waals surface area contributed by atoms with E-state index in [1.54, 1.807) is 7.11 Å². The van der Waals surface area contributed by atoms with Crippen LogP contribution in [-0.2, 0) is 9.53 Å². The Kier molecular flexibility index (Phi) is 4.37. The van der Waals surface area contributed by atoms with Crippen molar-refractivity contribution in [2.24, 2.45) is 28.6 Å². The fourth-order valence-corrected chi connectivity index (χ4v) is 7.19. The highest BCUT2D eigenvalue weighted by molar-refractivity contribution is 5.89. The van der Waals surface area contributed by atoms with Crippen molar-refractivity contribution in [1.82, 2.24) is 0 Å². The predicted molar refractivity (Wildman–Crippen MR) is 101 cm³/mol. The number of ketones is 1. The highest BCUT2D eigenvalue weighted by Gasteiger charge is 2.67. The molecule has 0 aromatic heterocycles. The molecule has 3 N–H and O–H groups in total. The lowest BCUT2D eigenvalue weighted by atomic mass is 9.46. The standard InChI is InChI=1S/C22H32O5/c1-20-8-6-14(27-3)10-13(20)4-5-15-16-7-9-22(26,18(25)12-23)21(16,2)11-17(24)19(15)20/h4,10,15-17,19,23-24,26H,5-9,11-12H2,1-3H3/t15-,16-,17-,19+,20-,21-,22-/m0/s1. The summed E-state index contributed by atoms with van der Waals surface area (Å²) < 4.78 is 5.46. The van der Waals surface area contributed by atoms with E-state index in [1.165, 1.54) is 5.57 Å². The van der Waals surface area contributed by atoms with Gasteiger partial charge in [-0.25, -0.2) is 0 Å². The van der Waals surface area contributed by atoms with Crippen molar-refractivity contribution in [2.45, 2.75) is 64.1 Å². The molecule has 0 aromatic rings. The van der Waals surface area contributed by atoms with Gasteiger partial charge in [0.1, 0.15) is 12.2 Å². The van der Waals surface area contributed by atoms with Gasteiger partial charge in [0.25, 0.3) is 0 Å². The van der Waals surface area contributed by atoms with Crippen molar-refractivity contribution < 1.29 is 24.9 Å². The third kappa shape index (κ3) is 2.37. The average molecular weight is 376 g/mol. The molecular weight excluding hydrogens is 344 g/mol. The van der Waals surface area contributed by atoms with Crippen LogP contribution in [-0.4, -0.2) is 46.5 Å². The fourth-order valence-electron chi connectivity index (χ4n) is 7.19. The summed E-state index contributed by atoms with van der Waals surface area (Å²) in [6.45, 7) is 3.56. The van der Waals surface area contributed by atoms with E-state index in [4.69, 9.17) is 4.74 Å². The van der Waals surface area contributed by atoms with E-state index < -0.39 is 29.5 Å². The van der Waals surface area contributed by atoms with Crippen molar-refractivity contribution >= 4 is 5.78 Å². The first kappa shape index (κ1) is 19.2. The lowest BCUT2D eigenvalue weighted by Crippen LogP contribution is -2.61. The molecule has 4 aliphatic carbocycles. The number of carbonyl (C=O) groups excluding carboxylic acids is 1. The first-order chi connectivity index (χ1) is 12.7. The van der Waals surface area contributed by atoms with Crippen molar-refractivity contribution in [3.8, 4) is 0 Å². The molecule has 0 aliphatic heterocycles. The van der Waals surface area contributed by atoms with Crippen LogP contribution in [0.5, 0.6) is 0 Å². The van der Waals surface area contributed by atoms with E-state index in [0.29, 0.717) is 12.8 Å². The number of hydrogen-bond donors (Lipinski definition) is 3. The number of Topliss-reactive ketones (excluding diaryl/α,β-unsaturated/α-hetero) is 1. The predicted octanol–water partition coefficient (Wildman–Crippen LogP) is 2.35. The number of rotatable bonds is 3. The zero-order valence-corrected chi connectivity index (χ0v) is 16.6. The van der Waals surface area contributed by atoms with Gasteiger partial charge < -0.3 is 20.1 Å². The second-order valence-corrected chi connectivity index (χ2v) is 9.59. The van der Waals surface area contributed by atoms with Gasteiger partial charge in [-0.3, -0.25) is 4.79 Å². The van der Waals surface area contributed by atoms with E-state index in [-0.39, 0.29) is 23.2 Å². The Morgan fingerprint density at radius 3 is 2.74 bits per heavy atom. The third-order valence-electron chi connectivity index (χ3n) is 8.69. The Bertz CT molecular complexity index is 711. The van der Waals surface area contributed by atoms with E-state index >= 15 is 0 Å². The quantitative estimate of drug-likeness (QED) is 0.704. The monoisotopic (exact) mass is 376 g/mol. The molecule has 7 atom stereocenters. The minimum absolute atomic E-state index is 0.104. The molecule has 150 valence electrons. The van der Waals surface area contributed by atoms with Crippen LogP contribution >= 0.6 is 0 Å². The Labute approximate surface area is 161 Å². The van der Waals surface area contributed by atoms with Crippen molar-refractivity contribution in [3.63, 3.8) is 0 Å². The molecule has 0 bridgehead atoms. The summed E-state index contributed by atoms with van der Waals surface area (Å²) in [6.07, 6.45) is 8.07. The number of allylic oxidation sites excluding steroid dienone is 4. The van der Waals surface area contributed by atoms with Crippen LogP contribution in [0, 0.1) is 28.6 Å². The SMILES string of the molecule is COC1=CC2=CC[C@@H]3[C@H]([C@@H](O)C[C@@]4(C)[C@H]3CC[C@]4(O)C(=O)CO)[C@@]2(C)CC1. The van der Waals surface area contributed by atoms with Gasteiger partial charge in [-0.1, -0.05) is 19.9 Å². The van der Waals surface area contributed by atoms with Gasteiger partial charge in [0.2, 0.25) is 0 Å². The number of hydrogen-bond acceptors (Lipinski definition) is 5. The maximum absolute atomic E-state index is 12.4. The van der Waals surface area contributed by atoms with Crippen molar-refractivity contribution in [3.05, 3.63) is 23.5 Å². The molecule has 0 amide bonds. The maximum atomic E-state index is 12.4. The van der Waals surface area contributed by atoms with Crippen LogP contribution in [0.2, 0.25) is 0 Å². The summed E-state index contributed by atoms with van der Waals surface area (Å²) >= 11 is 0. The second-order valence-electron chi connectivity index (χ2n) is 9.59. The maximum Gasteiger partial charge on any atom is 0.190 e. The molecule has 2 saturated carbocycles. The molecule has 5 heteroatoms. The zero-order chi connectivity index (χ0) is 19.6. The van der Waals surface area contributed by atoms with Crippen LogP contribution < -0.4 is 0 Å². The Morgan fingerprint density at radius 2 is 2.07 bits per heavy atom. The van der Waals surface area contributed by atoms with Gasteiger partial charge in [0, 0.05) is 11.8 Å². The van der Waals surface area contributed by atoms with Crippen LogP contribution in [0.4, 0.5) is 0 Å². The summed E-state index contributed by atoms with van der Waals surface area (Å²) in [4.78, 5) is 12.4. The molecule has 5 nitrogen and oxygen atoms in total. The normalized spacial score (nSPS) is 48.7. The lowest BCUT2D eigenvalue weighted by Gasteiger charge is -2.59. The highest BCUT2D eigenvalue weighted by atomic mass is 16.5. The number of aliphatic hydroxyl groups excluding tert-OH is 2. The van der Waals surface area contributed by atoms with Crippen LogP contribution in [0.25, 0.3) is 0 Å². The third-order valence-corrected chi connectivity index (χ3v) is 8.69. The Morgan fingerprint density at radius 1 is 1.33 bits per heavy atom.